The summed E-state index contributed by atoms with van der Waals surface area (Å²) >= 11 is 5.86. The molecule has 0 saturated carbocycles. The number of sulfone groups is 1. The molecule has 3 rings (SSSR count). The van der Waals surface area contributed by atoms with Gasteiger partial charge in [0.25, 0.3) is 0 Å². The highest BCUT2D eigenvalue weighted by atomic mass is 35.5. The van der Waals surface area contributed by atoms with Gasteiger partial charge < -0.3 is 4.42 Å². The zero-order valence-electron chi connectivity index (χ0n) is 11.5. The minimum Gasteiger partial charge on any atom is -0.463 e. The first-order valence-electron chi connectivity index (χ1n) is 6.42. The average Bonchev–Trinajstić information content (AvgIpc) is 2.48. The summed E-state index contributed by atoms with van der Waals surface area (Å²) in [7, 11) is -3.94. The maximum Gasteiger partial charge on any atom is 0.213 e. The van der Waals surface area contributed by atoms with Crippen LogP contribution in [0.1, 0.15) is 5.56 Å². The first-order chi connectivity index (χ1) is 10.4. The summed E-state index contributed by atoms with van der Waals surface area (Å²) in [6, 6.07) is 10.8. The fraction of sp³-hybridized carbons (Fsp3) is 0.0625. The molecule has 1 aromatic heterocycles. The minimum atomic E-state index is -3.94. The molecule has 0 spiro atoms. The molecule has 0 aliphatic rings. The normalized spacial score (nSPS) is 11.7. The molecular weight excluding hydrogens is 324 g/mol. The Kier molecular flexibility index (Phi) is 3.54. The standard InChI is InChI=1S/C16H11ClO4S/c1-10-2-5-12(6-3-10)22(19,20)15-9-21-14-7-4-11(17)8-13(14)16(15)18/h2-9H,1H3. The van der Waals surface area contributed by atoms with Crippen LogP contribution in [0.2, 0.25) is 5.02 Å². The van der Waals surface area contributed by atoms with Gasteiger partial charge in [-0.3, -0.25) is 4.79 Å². The van der Waals surface area contributed by atoms with Gasteiger partial charge in [-0.15, -0.1) is 0 Å². The predicted octanol–water partition coefficient (Wildman–Crippen LogP) is 3.59. The Hall–Kier alpha value is -2.11. The summed E-state index contributed by atoms with van der Waals surface area (Å²) in [5.41, 5.74) is 0.595. The Morgan fingerprint density at radius 1 is 1.05 bits per heavy atom. The van der Waals surface area contributed by atoms with E-state index in [9.17, 15) is 13.2 Å². The van der Waals surface area contributed by atoms with E-state index in [2.05, 4.69) is 0 Å². The SMILES string of the molecule is Cc1ccc(S(=O)(=O)c2coc3ccc(Cl)cc3c2=O)cc1. The average molecular weight is 335 g/mol. The van der Waals surface area contributed by atoms with Crippen LogP contribution >= 0.6 is 11.6 Å². The number of fused-ring (bicyclic) bond motifs is 1. The highest BCUT2D eigenvalue weighted by molar-refractivity contribution is 7.91. The quantitative estimate of drug-likeness (QED) is 0.718. The zero-order chi connectivity index (χ0) is 15.9. The third kappa shape index (κ3) is 2.42. The Morgan fingerprint density at radius 2 is 1.73 bits per heavy atom. The van der Waals surface area contributed by atoms with Crippen LogP contribution in [0, 0.1) is 6.92 Å². The summed E-state index contributed by atoms with van der Waals surface area (Å²) < 4.78 is 30.5. The summed E-state index contributed by atoms with van der Waals surface area (Å²) in [4.78, 5) is 12.1. The van der Waals surface area contributed by atoms with Crippen molar-refractivity contribution < 1.29 is 12.8 Å². The molecule has 4 nitrogen and oxygen atoms in total. The van der Waals surface area contributed by atoms with E-state index < -0.39 is 20.2 Å². The second kappa shape index (κ2) is 5.26. The number of aryl methyl sites for hydroxylation is 1. The molecule has 0 fully saturated rings. The Balaban J connectivity index is 2.27. The highest BCUT2D eigenvalue weighted by Crippen LogP contribution is 2.22. The van der Waals surface area contributed by atoms with Crippen LogP contribution in [0.3, 0.4) is 0 Å². The molecule has 1 heterocycles. The molecule has 6 heteroatoms. The van der Waals surface area contributed by atoms with Crippen LogP contribution in [-0.4, -0.2) is 8.42 Å². The Labute approximate surface area is 131 Å². The smallest absolute Gasteiger partial charge is 0.213 e. The van der Waals surface area contributed by atoms with Gasteiger partial charge >= 0.3 is 0 Å². The number of halogens is 1. The van der Waals surface area contributed by atoms with Gasteiger partial charge in [0.05, 0.1) is 10.3 Å². The lowest BCUT2D eigenvalue weighted by molar-refractivity contribution is 0.566. The molecule has 112 valence electrons. The van der Waals surface area contributed by atoms with Crippen molar-refractivity contribution in [2.24, 2.45) is 0 Å². The van der Waals surface area contributed by atoms with E-state index in [1.54, 1.807) is 18.2 Å². The second-order valence-corrected chi connectivity index (χ2v) is 7.24. The van der Waals surface area contributed by atoms with Gasteiger partial charge in [-0.05, 0) is 37.3 Å². The molecule has 22 heavy (non-hydrogen) atoms. The topological polar surface area (TPSA) is 64.3 Å². The van der Waals surface area contributed by atoms with Crippen molar-refractivity contribution in [1.29, 1.82) is 0 Å². The van der Waals surface area contributed by atoms with Gasteiger partial charge in [-0.25, -0.2) is 8.42 Å². The van der Waals surface area contributed by atoms with Crippen molar-refractivity contribution in [3.63, 3.8) is 0 Å². The summed E-state index contributed by atoms with van der Waals surface area (Å²) in [5.74, 6) is 0. The Morgan fingerprint density at radius 3 is 2.41 bits per heavy atom. The van der Waals surface area contributed by atoms with E-state index in [1.165, 1.54) is 24.3 Å². The van der Waals surface area contributed by atoms with Crippen LogP contribution in [-0.2, 0) is 9.84 Å². The molecule has 2 aromatic carbocycles. The maximum absolute atomic E-state index is 12.6. The zero-order valence-corrected chi connectivity index (χ0v) is 13.1. The summed E-state index contributed by atoms with van der Waals surface area (Å²) in [6.07, 6.45) is 0.980. The van der Waals surface area contributed by atoms with E-state index in [-0.39, 0.29) is 15.9 Å². The van der Waals surface area contributed by atoms with Crippen LogP contribution in [0.4, 0.5) is 0 Å². The summed E-state index contributed by atoms with van der Waals surface area (Å²) in [6.45, 7) is 1.85. The molecule has 0 atom stereocenters. The van der Waals surface area contributed by atoms with Crippen LogP contribution in [0.25, 0.3) is 11.0 Å². The van der Waals surface area contributed by atoms with Crippen molar-refractivity contribution >= 4 is 32.4 Å². The fourth-order valence-corrected chi connectivity index (χ4v) is 3.56. The van der Waals surface area contributed by atoms with Gasteiger partial charge in [-0.2, -0.15) is 0 Å². The van der Waals surface area contributed by atoms with Crippen molar-refractivity contribution in [3.05, 3.63) is 69.5 Å². The van der Waals surface area contributed by atoms with Crippen LogP contribution in [0.5, 0.6) is 0 Å². The van der Waals surface area contributed by atoms with Gasteiger partial charge in [-0.1, -0.05) is 29.3 Å². The third-order valence-electron chi connectivity index (χ3n) is 3.32. The minimum absolute atomic E-state index is 0.0479. The molecule has 0 saturated heterocycles. The number of benzene rings is 2. The van der Waals surface area contributed by atoms with Crippen molar-refractivity contribution in [3.8, 4) is 0 Å². The molecular formula is C16H11ClO4S. The monoisotopic (exact) mass is 334 g/mol. The van der Waals surface area contributed by atoms with Crippen LogP contribution < -0.4 is 5.43 Å². The first-order valence-corrected chi connectivity index (χ1v) is 8.28. The van der Waals surface area contributed by atoms with Gasteiger partial charge in [0.15, 0.2) is 4.90 Å². The second-order valence-electron chi connectivity index (χ2n) is 4.89. The number of rotatable bonds is 2. The lowest BCUT2D eigenvalue weighted by Crippen LogP contribution is -2.15. The van der Waals surface area contributed by atoms with E-state index in [1.807, 2.05) is 6.92 Å². The summed E-state index contributed by atoms with van der Waals surface area (Å²) in [5, 5.41) is 0.477. The number of hydrogen-bond donors (Lipinski definition) is 0. The first kappa shape index (κ1) is 14.8. The molecule has 0 aliphatic carbocycles. The maximum atomic E-state index is 12.6. The third-order valence-corrected chi connectivity index (χ3v) is 5.31. The van der Waals surface area contributed by atoms with Gasteiger partial charge in [0, 0.05) is 5.02 Å². The molecule has 0 N–H and O–H groups in total. The Bertz CT molecular complexity index is 1020. The largest absolute Gasteiger partial charge is 0.463 e. The van der Waals surface area contributed by atoms with Crippen molar-refractivity contribution in [2.75, 3.05) is 0 Å². The predicted molar refractivity (Wildman–Crippen MR) is 84.1 cm³/mol. The molecule has 0 bridgehead atoms. The van der Waals surface area contributed by atoms with E-state index in [4.69, 9.17) is 16.0 Å². The number of hydrogen-bond acceptors (Lipinski definition) is 4. The van der Waals surface area contributed by atoms with E-state index >= 15 is 0 Å². The molecule has 0 aliphatic heterocycles. The lowest BCUT2D eigenvalue weighted by atomic mass is 10.2. The van der Waals surface area contributed by atoms with Crippen LogP contribution in [0.15, 0.2) is 67.7 Å². The lowest BCUT2D eigenvalue weighted by Gasteiger charge is -2.05. The molecule has 3 aromatic rings. The van der Waals surface area contributed by atoms with Crippen molar-refractivity contribution in [2.45, 2.75) is 16.7 Å². The molecule has 0 amide bonds. The van der Waals surface area contributed by atoms with Crippen molar-refractivity contribution in [1.82, 2.24) is 0 Å². The van der Waals surface area contributed by atoms with Gasteiger partial charge in [0.2, 0.25) is 15.3 Å². The van der Waals surface area contributed by atoms with Gasteiger partial charge in [0.1, 0.15) is 11.8 Å². The fourth-order valence-electron chi connectivity index (χ4n) is 2.12. The molecule has 0 radical (unpaired) electrons. The molecule has 0 unspecified atom stereocenters. The highest BCUT2D eigenvalue weighted by Gasteiger charge is 2.23. The van der Waals surface area contributed by atoms with E-state index in [0.29, 0.717) is 5.02 Å². The van der Waals surface area contributed by atoms with E-state index in [0.717, 1.165) is 11.8 Å².